The Morgan fingerprint density at radius 2 is 1.88 bits per heavy atom. The van der Waals surface area contributed by atoms with E-state index in [0.717, 1.165) is 25.7 Å². The van der Waals surface area contributed by atoms with E-state index in [4.69, 9.17) is 15.5 Å². The summed E-state index contributed by atoms with van der Waals surface area (Å²) in [5, 5.41) is 0.474. The second kappa shape index (κ2) is 6.84. The predicted molar refractivity (Wildman–Crippen MR) is 68.7 cm³/mol. The molecule has 0 atom stereocenters. The van der Waals surface area contributed by atoms with Crippen molar-refractivity contribution in [3.05, 3.63) is 16.6 Å². The molecule has 0 spiro atoms. The summed E-state index contributed by atoms with van der Waals surface area (Å²) in [6, 6.07) is 0. The SMILES string of the molecule is C#CCC(=C=C1CCCCC1)P(=O)(OC)OC. The molecule has 0 saturated heterocycles. The van der Waals surface area contributed by atoms with E-state index in [0.29, 0.717) is 5.31 Å². The van der Waals surface area contributed by atoms with Crippen molar-refractivity contribution in [2.24, 2.45) is 0 Å². The van der Waals surface area contributed by atoms with Crippen LogP contribution >= 0.6 is 7.60 Å². The van der Waals surface area contributed by atoms with Crippen LogP contribution in [0.5, 0.6) is 0 Å². The summed E-state index contributed by atoms with van der Waals surface area (Å²) in [6.45, 7) is 0. The van der Waals surface area contributed by atoms with Crippen molar-refractivity contribution >= 4 is 7.60 Å². The van der Waals surface area contributed by atoms with Gasteiger partial charge >= 0.3 is 7.60 Å². The smallest absolute Gasteiger partial charge is 0.308 e. The van der Waals surface area contributed by atoms with Gasteiger partial charge in [0.25, 0.3) is 0 Å². The van der Waals surface area contributed by atoms with Crippen molar-refractivity contribution in [3.8, 4) is 12.3 Å². The summed E-state index contributed by atoms with van der Waals surface area (Å²) < 4.78 is 22.2. The highest BCUT2D eigenvalue weighted by molar-refractivity contribution is 7.58. The van der Waals surface area contributed by atoms with Crippen LogP contribution in [0.3, 0.4) is 0 Å². The van der Waals surface area contributed by atoms with Crippen molar-refractivity contribution in [1.29, 1.82) is 0 Å². The van der Waals surface area contributed by atoms with Crippen LogP contribution in [0, 0.1) is 12.3 Å². The quantitative estimate of drug-likeness (QED) is 0.434. The van der Waals surface area contributed by atoms with Crippen LogP contribution < -0.4 is 0 Å². The Morgan fingerprint density at radius 1 is 1.29 bits per heavy atom. The molecule has 0 aliphatic heterocycles. The van der Waals surface area contributed by atoms with Gasteiger partial charge in [-0.05, 0) is 31.3 Å². The van der Waals surface area contributed by atoms with Gasteiger partial charge in [0.2, 0.25) is 0 Å². The molecule has 0 bridgehead atoms. The van der Waals surface area contributed by atoms with Gasteiger partial charge in [0, 0.05) is 20.6 Å². The van der Waals surface area contributed by atoms with Gasteiger partial charge in [-0.3, -0.25) is 4.57 Å². The van der Waals surface area contributed by atoms with Crippen molar-refractivity contribution in [1.82, 2.24) is 0 Å². The fraction of sp³-hybridized carbons (Fsp3) is 0.615. The van der Waals surface area contributed by atoms with Gasteiger partial charge in [0.15, 0.2) is 0 Å². The molecule has 0 aromatic heterocycles. The van der Waals surface area contributed by atoms with Crippen LogP contribution in [0.15, 0.2) is 16.6 Å². The van der Waals surface area contributed by atoms with E-state index in [1.807, 2.05) is 0 Å². The summed E-state index contributed by atoms with van der Waals surface area (Å²) >= 11 is 0. The lowest BCUT2D eigenvalue weighted by molar-refractivity contribution is 0.282. The van der Waals surface area contributed by atoms with E-state index < -0.39 is 7.60 Å². The zero-order chi connectivity index (χ0) is 12.7. The molecule has 1 saturated carbocycles. The van der Waals surface area contributed by atoms with Gasteiger partial charge in [-0.25, -0.2) is 0 Å². The van der Waals surface area contributed by atoms with Crippen LogP contribution in [0.1, 0.15) is 38.5 Å². The monoisotopic (exact) mass is 254 g/mol. The van der Waals surface area contributed by atoms with Gasteiger partial charge in [0.05, 0.1) is 5.31 Å². The minimum Gasteiger partial charge on any atom is -0.308 e. The number of terminal acetylenes is 1. The van der Waals surface area contributed by atoms with Gasteiger partial charge in [-0.2, -0.15) is 0 Å². The van der Waals surface area contributed by atoms with E-state index in [-0.39, 0.29) is 6.42 Å². The average molecular weight is 254 g/mol. The first-order valence-electron chi connectivity index (χ1n) is 5.79. The Labute approximate surface area is 103 Å². The summed E-state index contributed by atoms with van der Waals surface area (Å²) in [5.74, 6) is 2.49. The van der Waals surface area contributed by atoms with Crippen LogP contribution in [-0.2, 0) is 13.6 Å². The summed E-state index contributed by atoms with van der Waals surface area (Å²) in [4.78, 5) is 0. The highest BCUT2D eigenvalue weighted by Gasteiger charge is 2.27. The van der Waals surface area contributed by atoms with Crippen LogP contribution in [0.2, 0.25) is 0 Å². The molecule has 0 amide bonds. The molecule has 1 aliphatic rings. The summed E-state index contributed by atoms with van der Waals surface area (Å²) in [5.41, 5.74) is 4.35. The lowest BCUT2D eigenvalue weighted by atomic mass is 9.95. The number of hydrogen-bond acceptors (Lipinski definition) is 3. The van der Waals surface area contributed by atoms with Gasteiger partial charge in [-0.1, -0.05) is 6.42 Å². The molecule has 3 nitrogen and oxygen atoms in total. The first kappa shape index (κ1) is 14.3. The fourth-order valence-corrected chi connectivity index (χ4v) is 3.08. The Hall–Kier alpha value is -0.770. The van der Waals surface area contributed by atoms with Crippen molar-refractivity contribution < 1.29 is 13.6 Å². The van der Waals surface area contributed by atoms with E-state index in [2.05, 4.69) is 11.7 Å². The number of allylic oxidation sites excluding steroid dienone is 1. The highest BCUT2D eigenvalue weighted by Crippen LogP contribution is 2.55. The lowest BCUT2D eigenvalue weighted by Crippen LogP contribution is -1.95. The molecule has 0 heterocycles. The largest absolute Gasteiger partial charge is 0.365 e. The third-order valence-corrected chi connectivity index (χ3v) is 4.75. The van der Waals surface area contributed by atoms with Crippen molar-refractivity contribution in [3.63, 3.8) is 0 Å². The van der Waals surface area contributed by atoms with Crippen LogP contribution in [-0.4, -0.2) is 14.2 Å². The maximum atomic E-state index is 12.3. The van der Waals surface area contributed by atoms with E-state index in [9.17, 15) is 4.57 Å². The van der Waals surface area contributed by atoms with Crippen LogP contribution in [0.25, 0.3) is 0 Å². The Bertz CT molecular complexity index is 395. The Kier molecular flexibility index (Phi) is 5.75. The second-order valence-corrected chi connectivity index (χ2v) is 6.24. The molecule has 1 fully saturated rings. The fourth-order valence-electron chi connectivity index (χ4n) is 1.91. The molecule has 1 rings (SSSR count). The van der Waals surface area contributed by atoms with Crippen molar-refractivity contribution in [2.45, 2.75) is 38.5 Å². The molecule has 0 N–H and O–H groups in total. The standard InChI is InChI=1S/C13H19O3P/c1-4-8-13(17(14,15-2)16-3)11-12-9-6-5-7-10-12/h1H,5-10H2,2-3H3. The minimum atomic E-state index is -3.23. The Balaban J connectivity index is 3.11. The molecule has 4 heteroatoms. The number of rotatable bonds is 4. The molecule has 17 heavy (non-hydrogen) atoms. The van der Waals surface area contributed by atoms with Gasteiger partial charge < -0.3 is 9.05 Å². The van der Waals surface area contributed by atoms with Crippen molar-refractivity contribution in [2.75, 3.05) is 14.2 Å². The second-order valence-electron chi connectivity index (χ2n) is 3.98. The van der Waals surface area contributed by atoms with Gasteiger partial charge in [-0.15, -0.1) is 18.1 Å². The molecule has 0 unspecified atom stereocenters. The molecular formula is C13H19O3P. The normalized spacial score (nSPS) is 16.2. The average Bonchev–Trinajstić information content (AvgIpc) is 2.38. The first-order chi connectivity index (χ1) is 8.16. The molecular weight excluding hydrogens is 235 g/mol. The third kappa shape index (κ3) is 3.87. The van der Waals surface area contributed by atoms with E-state index in [1.165, 1.54) is 26.2 Å². The zero-order valence-electron chi connectivity index (χ0n) is 10.5. The van der Waals surface area contributed by atoms with Crippen LogP contribution in [0.4, 0.5) is 0 Å². The lowest BCUT2D eigenvalue weighted by Gasteiger charge is -2.15. The molecule has 0 radical (unpaired) electrons. The topological polar surface area (TPSA) is 35.5 Å². The number of hydrogen-bond donors (Lipinski definition) is 0. The maximum Gasteiger partial charge on any atom is 0.365 e. The minimum absolute atomic E-state index is 0.252. The predicted octanol–water partition coefficient (Wildman–Crippen LogP) is 3.87. The molecule has 94 valence electrons. The third-order valence-electron chi connectivity index (χ3n) is 2.86. The molecule has 0 aromatic carbocycles. The summed E-state index contributed by atoms with van der Waals surface area (Å²) in [7, 11) is -0.494. The summed E-state index contributed by atoms with van der Waals surface area (Å²) in [6.07, 6.45) is 11.1. The van der Waals surface area contributed by atoms with Gasteiger partial charge in [0.1, 0.15) is 0 Å². The van der Waals surface area contributed by atoms with E-state index in [1.54, 1.807) is 0 Å². The first-order valence-corrected chi connectivity index (χ1v) is 7.33. The zero-order valence-corrected chi connectivity index (χ0v) is 11.4. The van der Waals surface area contributed by atoms with E-state index >= 15 is 0 Å². The highest BCUT2D eigenvalue weighted by atomic mass is 31.2. The maximum absolute atomic E-state index is 12.3. The molecule has 0 aromatic rings. The molecule has 1 aliphatic carbocycles. The Morgan fingerprint density at radius 3 is 2.35 bits per heavy atom.